The van der Waals surface area contributed by atoms with Gasteiger partial charge in [0.05, 0.1) is 6.61 Å². The molecule has 8 nitrogen and oxygen atoms in total. The van der Waals surface area contributed by atoms with Gasteiger partial charge < -0.3 is 25.2 Å². The van der Waals surface area contributed by atoms with Crippen LogP contribution < -0.4 is 10.6 Å². The molecule has 1 aliphatic heterocycles. The number of aliphatic carboxylic acids is 1. The van der Waals surface area contributed by atoms with E-state index in [2.05, 4.69) is 35.4 Å². The summed E-state index contributed by atoms with van der Waals surface area (Å²) in [7, 11) is 0. The predicted octanol–water partition coefficient (Wildman–Crippen LogP) is 3.70. The molecule has 1 aliphatic carbocycles. The van der Waals surface area contributed by atoms with Crippen LogP contribution in [0.4, 0.5) is 0 Å². The second-order valence-corrected chi connectivity index (χ2v) is 10.1. The standard InChI is InChI=1S/C28H42N2O6/c1-18(2)15-23(28(33)34)35-17-19(3)16-29-27(32)21(5)30-24(31)14-10-9-11-20(4)25-26(36-25)22-12-7-6-8-13-22/h7,10,12-14,18-19,21,23,25-26H,4,6,8-9,11,15-17H2,1-3,5H3,(H,29,32)(H,30,31)(H,33,34)/b14-10+. The Kier molecular flexibility index (Phi) is 12.1. The molecule has 2 amide bonds. The molecule has 2 rings (SSSR count). The van der Waals surface area contributed by atoms with Gasteiger partial charge in [-0.05, 0) is 68.1 Å². The van der Waals surface area contributed by atoms with Crippen LogP contribution in [0.3, 0.4) is 0 Å². The highest BCUT2D eigenvalue weighted by atomic mass is 16.6. The van der Waals surface area contributed by atoms with Gasteiger partial charge in [0, 0.05) is 6.54 Å². The summed E-state index contributed by atoms with van der Waals surface area (Å²) >= 11 is 0. The van der Waals surface area contributed by atoms with Gasteiger partial charge in [0.25, 0.3) is 0 Å². The number of carbonyl (C=O) groups excluding carboxylic acids is 2. The molecule has 0 bridgehead atoms. The molecule has 0 saturated carbocycles. The lowest BCUT2D eigenvalue weighted by molar-refractivity contribution is -0.152. The van der Waals surface area contributed by atoms with Crippen LogP contribution in [0.25, 0.3) is 0 Å². The Morgan fingerprint density at radius 1 is 1.25 bits per heavy atom. The van der Waals surface area contributed by atoms with E-state index in [0.29, 0.717) is 19.4 Å². The van der Waals surface area contributed by atoms with Gasteiger partial charge in [-0.3, -0.25) is 9.59 Å². The first-order valence-corrected chi connectivity index (χ1v) is 12.9. The van der Waals surface area contributed by atoms with Gasteiger partial charge in [-0.2, -0.15) is 0 Å². The third-order valence-electron chi connectivity index (χ3n) is 6.07. The third kappa shape index (κ3) is 10.5. The second kappa shape index (κ2) is 14.8. The average molecular weight is 503 g/mol. The average Bonchev–Trinajstić information content (AvgIpc) is 3.64. The lowest BCUT2D eigenvalue weighted by Crippen LogP contribution is -2.45. The number of nitrogens with one attached hydrogen (secondary N) is 2. The summed E-state index contributed by atoms with van der Waals surface area (Å²) in [5.74, 6) is -1.49. The maximum atomic E-state index is 12.3. The lowest BCUT2D eigenvalue weighted by Gasteiger charge is -2.20. The Balaban J connectivity index is 1.61. The van der Waals surface area contributed by atoms with Crippen LogP contribution in [0, 0.1) is 11.8 Å². The molecule has 0 aromatic heterocycles. The third-order valence-corrected chi connectivity index (χ3v) is 6.07. The number of allylic oxidation sites excluding steroid dienone is 3. The number of hydrogen-bond donors (Lipinski definition) is 3. The predicted molar refractivity (Wildman–Crippen MR) is 139 cm³/mol. The van der Waals surface area contributed by atoms with E-state index in [1.807, 2.05) is 20.8 Å². The Hall–Kier alpha value is -2.71. The Bertz CT molecular complexity index is 875. The molecule has 1 fully saturated rings. The zero-order valence-electron chi connectivity index (χ0n) is 22.0. The molecule has 0 spiro atoms. The van der Waals surface area contributed by atoms with Crippen LogP contribution in [-0.4, -0.2) is 60.4 Å². The molecule has 8 heteroatoms. The Morgan fingerprint density at radius 2 is 2.00 bits per heavy atom. The quantitative estimate of drug-likeness (QED) is 0.168. The highest BCUT2D eigenvalue weighted by Crippen LogP contribution is 2.37. The fraction of sp³-hybridized carbons (Fsp3) is 0.607. The van der Waals surface area contributed by atoms with E-state index in [9.17, 15) is 19.5 Å². The fourth-order valence-electron chi connectivity index (χ4n) is 3.88. The SMILES string of the molecule is C=C(CC/C=C/C(=O)NC(C)C(=O)NCC(C)COC(CC(C)C)C(=O)O)C1OC1C1=CCCC=C1. The summed E-state index contributed by atoms with van der Waals surface area (Å²) in [6.07, 6.45) is 13.0. The van der Waals surface area contributed by atoms with Gasteiger partial charge in [-0.15, -0.1) is 0 Å². The van der Waals surface area contributed by atoms with Crippen LogP contribution in [0.1, 0.15) is 59.8 Å². The number of carbonyl (C=O) groups is 3. The van der Waals surface area contributed by atoms with Gasteiger partial charge in [0.15, 0.2) is 6.10 Å². The summed E-state index contributed by atoms with van der Waals surface area (Å²) in [5, 5.41) is 14.7. The van der Waals surface area contributed by atoms with E-state index in [-0.39, 0.29) is 42.5 Å². The first-order chi connectivity index (χ1) is 17.1. The molecule has 1 saturated heterocycles. The van der Waals surface area contributed by atoms with E-state index in [1.165, 1.54) is 11.6 Å². The zero-order chi connectivity index (χ0) is 26.7. The molecule has 200 valence electrons. The van der Waals surface area contributed by atoms with Gasteiger partial charge in [0.2, 0.25) is 11.8 Å². The lowest BCUT2D eigenvalue weighted by atomic mass is 9.98. The zero-order valence-corrected chi connectivity index (χ0v) is 22.0. The normalized spacial score (nSPS) is 21.5. The molecule has 36 heavy (non-hydrogen) atoms. The molecule has 0 aromatic carbocycles. The molecule has 5 unspecified atom stereocenters. The summed E-state index contributed by atoms with van der Waals surface area (Å²) < 4.78 is 11.3. The van der Waals surface area contributed by atoms with Crippen molar-refractivity contribution >= 4 is 17.8 Å². The Morgan fingerprint density at radius 3 is 2.64 bits per heavy atom. The topological polar surface area (TPSA) is 117 Å². The van der Waals surface area contributed by atoms with Crippen molar-refractivity contribution < 1.29 is 29.0 Å². The van der Waals surface area contributed by atoms with Crippen molar-refractivity contribution in [3.05, 3.63) is 48.1 Å². The highest BCUT2D eigenvalue weighted by Gasteiger charge is 2.42. The fourth-order valence-corrected chi connectivity index (χ4v) is 3.88. The monoisotopic (exact) mass is 502 g/mol. The van der Waals surface area contributed by atoms with Crippen LogP contribution in [-0.2, 0) is 23.9 Å². The number of epoxide rings is 1. The van der Waals surface area contributed by atoms with E-state index in [0.717, 1.165) is 24.8 Å². The van der Waals surface area contributed by atoms with E-state index < -0.39 is 18.1 Å². The summed E-state index contributed by atoms with van der Waals surface area (Å²) in [6, 6.07) is -0.699. The molecule has 0 radical (unpaired) electrons. The highest BCUT2D eigenvalue weighted by molar-refractivity contribution is 5.92. The summed E-state index contributed by atoms with van der Waals surface area (Å²) in [6.45, 7) is 12.0. The van der Waals surface area contributed by atoms with Crippen LogP contribution in [0.2, 0.25) is 0 Å². The maximum absolute atomic E-state index is 12.3. The first-order valence-electron chi connectivity index (χ1n) is 12.9. The number of hydrogen-bond acceptors (Lipinski definition) is 5. The molecule has 5 atom stereocenters. The number of rotatable bonds is 16. The minimum atomic E-state index is -0.978. The smallest absolute Gasteiger partial charge is 0.332 e. The molecule has 2 aliphatic rings. The number of ether oxygens (including phenoxy) is 2. The van der Waals surface area contributed by atoms with E-state index >= 15 is 0 Å². The van der Waals surface area contributed by atoms with Gasteiger partial charge in [0.1, 0.15) is 18.2 Å². The van der Waals surface area contributed by atoms with Crippen molar-refractivity contribution in [3.8, 4) is 0 Å². The van der Waals surface area contributed by atoms with Crippen LogP contribution in [0.5, 0.6) is 0 Å². The number of carboxylic acids is 1. The van der Waals surface area contributed by atoms with E-state index in [4.69, 9.17) is 9.47 Å². The molecule has 3 N–H and O–H groups in total. The van der Waals surface area contributed by atoms with Crippen molar-refractivity contribution in [1.29, 1.82) is 0 Å². The van der Waals surface area contributed by atoms with Crippen molar-refractivity contribution in [1.82, 2.24) is 10.6 Å². The van der Waals surface area contributed by atoms with Gasteiger partial charge >= 0.3 is 5.97 Å². The second-order valence-electron chi connectivity index (χ2n) is 10.1. The summed E-state index contributed by atoms with van der Waals surface area (Å²) in [5.41, 5.74) is 2.25. The molecular formula is C28H42N2O6. The van der Waals surface area contributed by atoms with Gasteiger partial charge in [-0.25, -0.2) is 4.79 Å². The van der Waals surface area contributed by atoms with E-state index in [1.54, 1.807) is 13.0 Å². The van der Waals surface area contributed by atoms with Crippen molar-refractivity contribution in [2.75, 3.05) is 13.2 Å². The van der Waals surface area contributed by atoms with Crippen molar-refractivity contribution in [3.63, 3.8) is 0 Å². The molecular weight excluding hydrogens is 460 g/mol. The first kappa shape index (κ1) is 29.5. The number of amides is 2. The van der Waals surface area contributed by atoms with Crippen LogP contribution >= 0.6 is 0 Å². The molecule has 1 heterocycles. The Labute approximate surface area is 214 Å². The minimum Gasteiger partial charge on any atom is -0.479 e. The van der Waals surface area contributed by atoms with Crippen molar-refractivity contribution in [2.45, 2.75) is 84.2 Å². The number of carboxylic acid groups (broad SMARTS) is 1. The largest absolute Gasteiger partial charge is 0.479 e. The maximum Gasteiger partial charge on any atom is 0.332 e. The minimum absolute atomic E-state index is 0.0583. The van der Waals surface area contributed by atoms with Crippen molar-refractivity contribution in [2.24, 2.45) is 11.8 Å². The van der Waals surface area contributed by atoms with Crippen LogP contribution in [0.15, 0.2) is 48.1 Å². The summed E-state index contributed by atoms with van der Waals surface area (Å²) in [4.78, 5) is 35.8. The molecule has 0 aromatic rings. The van der Waals surface area contributed by atoms with Gasteiger partial charge in [-0.1, -0.05) is 51.7 Å².